The number of alkyl halides is 1. The zero-order valence-electron chi connectivity index (χ0n) is 15.0. The van der Waals surface area contributed by atoms with E-state index < -0.39 is 12.2 Å². The van der Waals surface area contributed by atoms with E-state index in [1.807, 2.05) is 36.4 Å². The number of carbonyl (C=O) groups is 1. The number of nitriles is 1. The zero-order valence-corrected chi connectivity index (χ0v) is 15.0. The van der Waals surface area contributed by atoms with Crippen LogP contribution in [0.2, 0.25) is 0 Å². The largest absolute Gasteiger partial charge is 0.381 e. The van der Waals surface area contributed by atoms with E-state index >= 15 is 0 Å². The second-order valence-electron chi connectivity index (χ2n) is 7.30. The van der Waals surface area contributed by atoms with Crippen molar-refractivity contribution in [3.63, 3.8) is 0 Å². The van der Waals surface area contributed by atoms with Gasteiger partial charge in [-0.05, 0) is 24.6 Å². The molecule has 2 aliphatic rings. The summed E-state index contributed by atoms with van der Waals surface area (Å²) < 4.78 is 13.5. The van der Waals surface area contributed by atoms with Gasteiger partial charge in [0.05, 0.1) is 24.7 Å². The number of pyridine rings is 1. The fourth-order valence-corrected chi connectivity index (χ4v) is 3.95. The van der Waals surface area contributed by atoms with Gasteiger partial charge in [0.25, 0.3) is 0 Å². The number of aromatic nitrogens is 1. The van der Waals surface area contributed by atoms with Crippen LogP contribution in [0.25, 0.3) is 10.9 Å². The van der Waals surface area contributed by atoms with Crippen molar-refractivity contribution in [3.05, 3.63) is 36.5 Å². The summed E-state index contributed by atoms with van der Waals surface area (Å²) in [4.78, 5) is 20.3. The Kier molecular flexibility index (Phi) is 4.90. The summed E-state index contributed by atoms with van der Waals surface area (Å²) >= 11 is 0. The van der Waals surface area contributed by atoms with Crippen molar-refractivity contribution < 1.29 is 9.18 Å². The van der Waals surface area contributed by atoms with Gasteiger partial charge in [-0.3, -0.25) is 14.7 Å². The highest BCUT2D eigenvalue weighted by molar-refractivity contribution is 5.82. The normalized spacial score (nSPS) is 25.6. The molecule has 2 fully saturated rings. The smallest absolute Gasteiger partial charge is 0.237 e. The Hall–Kier alpha value is -2.72. The number of likely N-dealkylation sites (tertiary alicyclic amines) is 2. The van der Waals surface area contributed by atoms with Crippen molar-refractivity contribution in [2.45, 2.75) is 31.1 Å². The fraction of sp³-hybridized carbons (Fsp3) is 0.450. The standard InChI is InChI=1S/C20H22FN5O/c21-15-8-18(10-22)26(11-15)20(27)13-25-7-5-17(12-25)24-16-4-3-14-2-1-6-23-19(14)9-16/h1-4,6,9,15,17-18,24H,5,7-8,11-13H2/t15-,17-,18-/m0/s1. The van der Waals surface area contributed by atoms with Crippen LogP contribution in [0.3, 0.4) is 0 Å². The average Bonchev–Trinajstić information content (AvgIpc) is 3.27. The molecule has 0 saturated carbocycles. The Morgan fingerprint density at radius 1 is 1.37 bits per heavy atom. The van der Waals surface area contributed by atoms with Gasteiger partial charge in [-0.15, -0.1) is 0 Å². The predicted molar refractivity (Wildman–Crippen MR) is 101 cm³/mol. The van der Waals surface area contributed by atoms with Crippen LogP contribution in [0.5, 0.6) is 0 Å². The Labute approximate surface area is 157 Å². The number of hydrogen-bond donors (Lipinski definition) is 1. The Morgan fingerprint density at radius 2 is 2.26 bits per heavy atom. The molecule has 27 heavy (non-hydrogen) atoms. The van der Waals surface area contributed by atoms with Gasteiger partial charge in [-0.25, -0.2) is 4.39 Å². The topological polar surface area (TPSA) is 72.3 Å². The first-order valence-corrected chi connectivity index (χ1v) is 9.29. The minimum Gasteiger partial charge on any atom is -0.381 e. The molecule has 2 aliphatic heterocycles. The zero-order chi connectivity index (χ0) is 18.8. The highest BCUT2D eigenvalue weighted by atomic mass is 19.1. The van der Waals surface area contributed by atoms with Gasteiger partial charge < -0.3 is 10.2 Å². The predicted octanol–water partition coefficient (Wildman–Crippen LogP) is 2.18. The van der Waals surface area contributed by atoms with E-state index in [1.54, 1.807) is 6.20 Å². The van der Waals surface area contributed by atoms with Crippen LogP contribution in [0.4, 0.5) is 10.1 Å². The number of hydrogen-bond acceptors (Lipinski definition) is 5. The molecule has 1 amide bonds. The Balaban J connectivity index is 1.33. The summed E-state index contributed by atoms with van der Waals surface area (Å²) in [6.45, 7) is 1.83. The van der Waals surface area contributed by atoms with Crippen LogP contribution in [-0.2, 0) is 4.79 Å². The van der Waals surface area contributed by atoms with Crippen LogP contribution in [0.1, 0.15) is 12.8 Å². The van der Waals surface area contributed by atoms with E-state index in [4.69, 9.17) is 5.26 Å². The number of anilines is 1. The van der Waals surface area contributed by atoms with Gasteiger partial charge in [0.1, 0.15) is 12.2 Å². The summed E-state index contributed by atoms with van der Waals surface area (Å²) in [6.07, 6.45) is 1.75. The first kappa shape index (κ1) is 17.7. The third-order valence-electron chi connectivity index (χ3n) is 5.33. The number of nitrogens with one attached hydrogen (secondary N) is 1. The molecule has 1 aromatic carbocycles. The van der Waals surface area contributed by atoms with E-state index in [1.165, 1.54) is 4.90 Å². The minimum absolute atomic E-state index is 0.0384. The van der Waals surface area contributed by atoms with Crippen molar-refractivity contribution in [1.82, 2.24) is 14.8 Å². The van der Waals surface area contributed by atoms with Gasteiger partial charge in [0.15, 0.2) is 0 Å². The summed E-state index contributed by atoms with van der Waals surface area (Å²) in [6, 6.07) is 11.7. The summed E-state index contributed by atoms with van der Waals surface area (Å²) in [5.74, 6) is -0.155. The molecule has 4 rings (SSSR count). The second-order valence-corrected chi connectivity index (χ2v) is 7.30. The van der Waals surface area contributed by atoms with Crippen molar-refractivity contribution >= 4 is 22.5 Å². The molecule has 1 N–H and O–H groups in total. The van der Waals surface area contributed by atoms with Crippen molar-refractivity contribution in [1.29, 1.82) is 5.26 Å². The minimum atomic E-state index is -1.09. The fourth-order valence-electron chi connectivity index (χ4n) is 3.95. The highest BCUT2D eigenvalue weighted by Gasteiger charge is 2.36. The van der Waals surface area contributed by atoms with E-state index in [0.29, 0.717) is 0 Å². The monoisotopic (exact) mass is 367 g/mol. The van der Waals surface area contributed by atoms with Crippen molar-refractivity contribution in [2.75, 3.05) is 31.5 Å². The molecule has 0 spiro atoms. The van der Waals surface area contributed by atoms with Crippen molar-refractivity contribution in [2.24, 2.45) is 0 Å². The molecule has 1 aromatic heterocycles. The van der Waals surface area contributed by atoms with Gasteiger partial charge in [-0.1, -0.05) is 12.1 Å². The number of nitrogens with zero attached hydrogens (tertiary/aromatic N) is 4. The third kappa shape index (κ3) is 3.86. The number of fused-ring (bicyclic) bond motifs is 1. The van der Waals surface area contributed by atoms with Gasteiger partial charge in [0.2, 0.25) is 5.91 Å². The van der Waals surface area contributed by atoms with E-state index in [9.17, 15) is 9.18 Å². The second kappa shape index (κ2) is 7.49. The molecule has 6 nitrogen and oxygen atoms in total. The van der Waals surface area contributed by atoms with Gasteiger partial charge in [-0.2, -0.15) is 5.26 Å². The number of rotatable bonds is 4. The lowest BCUT2D eigenvalue weighted by Gasteiger charge is -2.23. The number of halogens is 1. The van der Waals surface area contributed by atoms with Crippen molar-refractivity contribution in [3.8, 4) is 6.07 Å². The van der Waals surface area contributed by atoms with E-state index in [-0.39, 0.29) is 31.5 Å². The number of amides is 1. The van der Waals surface area contributed by atoms with E-state index in [2.05, 4.69) is 15.2 Å². The van der Waals surface area contributed by atoms with Crippen LogP contribution >= 0.6 is 0 Å². The van der Waals surface area contributed by atoms with Crippen LogP contribution < -0.4 is 5.32 Å². The molecule has 3 atom stereocenters. The molecular weight excluding hydrogens is 345 g/mol. The summed E-state index contributed by atoms with van der Waals surface area (Å²) in [5.41, 5.74) is 1.97. The highest BCUT2D eigenvalue weighted by Crippen LogP contribution is 2.22. The molecule has 140 valence electrons. The molecule has 3 heterocycles. The quantitative estimate of drug-likeness (QED) is 0.897. The third-order valence-corrected chi connectivity index (χ3v) is 5.33. The average molecular weight is 367 g/mol. The lowest BCUT2D eigenvalue weighted by molar-refractivity contribution is -0.132. The first-order valence-electron chi connectivity index (χ1n) is 9.29. The number of carbonyl (C=O) groups excluding carboxylic acids is 1. The van der Waals surface area contributed by atoms with Gasteiger partial charge in [0, 0.05) is 42.8 Å². The molecule has 2 saturated heterocycles. The molecule has 0 bridgehead atoms. The van der Waals surface area contributed by atoms with Crippen LogP contribution in [0, 0.1) is 11.3 Å². The lowest BCUT2D eigenvalue weighted by Crippen LogP contribution is -2.42. The molecule has 7 heteroatoms. The van der Waals surface area contributed by atoms with Gasteiger partial charge >= 0.3 is 0 Å². The lowest BCUT2D eigenvalue weighted by atomic mass is 10.2. The maximum atomic E-state index is 13.5. The SMILES string of the molecule is N#C[C@@H]1C[C@H](F)CN1C(=O)CN1CC[C@H](Nc2ccc3cccnc3c2)C1. The summed E-state index contributed by atoms with van der Waals surface area (Å²) in [7, 11) is 0. The first-order chi connectivity index (χ1) is 13.1. The molecule has 0 radical (unpaired) electrons. The molecule has 2 aromatic rings. The molecule has 0 unspecified atom stereocenters. The maximum Gasteiger partial charge on any atom is 0.237 e. The van der Waals surface area contributed by atoms with E-state index in [0.717, 1.165) is 36.1 Å². The van der Waals surface area contributed by atoms with Crippen LogP contribution in [0.15, 0.2) is 36.5 Å². The summed E-state index contributed by atoms with van der Waals surface area (Å²) in [5, 5.41) is 13.7. The Bertz CT molecular complexity index is 882. The van der Waals surface area contributed by atoms with Crippen LogP contribution in [-0.4, -0.2) is 65.1 Å². The maximum absolute atomic E-state index is 13.5. The Morgan fingerprint density at radius 3 is 3.11 bits per heavy atom. The molecule has 0 aliphatic carbocycles. The molecular formula is C20H22FN5O. The number of benzene rings is 1.